The second-order valence-electron chi connectivity index (χ2n) is 3.52. The van der Waals surface area contributed by atoms with E-state index in [0.29, 0.717) is 5.56 Å². The Bertz CT molecular complexity index is 351. The highest BCUT2D eigenvalue weighted by Gasteiger charge is 2.32. The molecule has 1 aromatic carbocycles. The molecule has 5 heteroatoms. The van der Waals surface area contributed by atoms with Crippen LogP contribution in [0.1, 0.15) is 17.3 Å². The fourth-order valence-corrected chi connectivity index (χ4v) is 1.21. The predicted molar refractivity (Wildman–Crippen MR) is 61.8 cm³/mol. The van der Waals surface area contributed by atoms with E-state index in [-0.39, 0.29) is 12.5 Å². The monoisotopic (exact) mass is 291 g/mol. The van der Waals surface area contributed by atoms with Gasteiger partial charge in [0.1, 0.15) is 0 Å². The van der Waals surface area contributed by atoms with E-state index in [1.54, 1.807) is 30.3 Å². The second kappa shape index (κ2) is 5.39. The largest absolute Gasteiger partial charge is 0.352 e. The summed E-state index contributed by atoms with van der Waals surface area (Å²) in [6.45, 7) is 1.28. The van der Waals surface area contributed by atoms with Crippen LogP contribution in [0.2, 0.25) is 0 Å². The number of carbonyl (C=O) groups is 1. The minimum Gasteiger partial charge on any atom is -0.352 e. The maximum absolute atomic E-state index is 12.7. The Balaban J connectivity index is 2.48. The van der Waals surface area contributed by atoms with Crippen LogP contribution in [0.5, 0.6) is 0 Å². The van der Waals surface area contributed by atoms with Crippen LogP contribution in [0.25, 0.3) is 0 Å². The first-order chi connectivity index (χ1) is 7.41. The number of benzene rings is 1. The summed E-state index contributed by atoms with van der Waals surface area (Å²) in [7, 11) is 0. The molecule has 1 rings (SSSR count). The molecule has 0 fully saturated rings. The van der Waals surface area contributed by atoms with Gasteiger partial charge in [-0.1, -0.05) is 25.1 Å². The lowest BCUT2D eigenvalue weighted by atomic mass is 10.1. The Kier molecular flexibility index (Phi) is 4.41. The lowest BCUT2D eigenvalue weighted by Crippen LogP contribution is -2.34. The molecule has 1 amide bonds. The van der Waals surface area contributed by atoms with Crippen LogP contribution in [0.15, 0.2) is 30.3 Å². The number of nitrogens with one attached hydrogen (secondary N) is 1. The molecule has 0 radical (unpaired) electrons. The quantitative estimate of drug-likeness (QED) is 0.849. The summed E-state index contributed by atoms with van der Waals surface area (Å²) >= 11 is 2.27. The standard InChI is InChI=1S/C11H12BrF2NO/c1-8(11(12,13)14)7-15-10(16)9-5-3-2-4-6-9/h2-6,8H,7H2,1H3,(H,15,16). The highest BCUT2D eigenvalue weighted by atomic mass is 79.9. The zero-order valence-electron chi connectivity index (χ0n) is 8.71. The van der Waals surface area contributed by atoms with Gasteiger partial charge in [-0.25, -0.2) is 0 Å². The van der Waals surface area contributed by atoms with E-state index in [0.717, 1.165) is 0 Å². The molecule has 0 bridgehead atoms. The van der Waals surface area contributed by atoms with Gasteiger partial charge < -0.3 is 5.32 Å². The van der Waals surface area contributed by atoms with Gasteiger partial charge in [0.2, 0.25) is 0 Å². The van der Waals surface area contributed by atoms with Crippen molar-refractivity contribution in [1.29, 1.82) is 0 Å². The lowest BCUT2D eigenvalue weighted by molar-refractivity contribution is 0.0531. The van der Waals surface area contributed by atoms with Crippen molar-refractivity contribution in [1.82, 2.24) is 5.32 Å². The van der Waals surface area contributed by atoms with E-state index in [9.17, 15) is 13.6 Å². The van der Waals surface area contributed by atoms with Crippen molar-refractivity contribution in [2.75, 3.05) is 6.54 Å². The topological polar surface area (TPSA) is 29.1 Å². The van der Waals surface area contributed by atoms with Crippen LogP contribution in [0.3, 0.4) is 0 Å². The lowest BCUT2D eigenvalue weighted by Gasteiger charge is -2.17. The van der Waals surface area contributed by atoms with Crippen molar-refractivity contribution in [2.45, 2.75) is 11.8 Å². The molecular formula is C11H12BrF2NO. The van der Waals surface area contributed by atoms with Crippen LogP contribution >= 0.6 is 15.9 Å². The van der Waals surface area contributed by atoms with E-state index < -0.39 is 10.7 Å². The van der Waals surface area contributed by atoms with Crippen LogP contribution < -0.4 is 5.32 Å². The third-order valence-corrected chi connectivity index (χ3v) is 2.95. The zero-order valence-corrected chi connectivity index (χ0v) is 10.3. The van der Waals surface area contributed by atoms with Gasteiger partial charge >= 0.3 is 4.83 Å². The third-order valence-electron chi connectivity index (χ3n) is 2.16. The summed E-state index contributed by atoms with van der Waals surface area (Å²) in [5.74, 6) is -1.30. The Morgan fingerprint density at radius 1 is 1.44 bits per heavy atom. The second-order valence-corrected chi connectivity index (χ2v) is 4.58. The number of hydrogen-bond donors (Lipinski definition) is 1. The SMILES string of the molecule is CC(CNC(=O)c1ccccc1)C(F)(F)Br. The fourth-order valence-electron chi connectivity index (χ4n) is 1.05. The van der Waals surface area contributed by atoms with Crippen LogP contribution in [0, 0.1) is 5.92 Å². The van der Waals surface area contributed by atoms with Gasteiger partial charge in [0.15, 0.2) is 0 Å². The fraction of sp³-hybridized carbons (Fsp3) is 0.364. The maximum atomic E-state index is 12.7. The molecule has 0 saturated heterocycles. The van der Waals surface area contributed by atoms with Gasteiger partial charge in [0, 0.05) is 18.0 Å². The van der Waals surface area contributed by atoms with Gasteiger partial charge in [-0.15, -0.1) is 0 Å². The van der Waals surface area contributed by atoms with Crippen LogP contribution in [-0.4, -0.2) is 17.3 Å². The third kappa shape index (κ3) is 3.89. The Labute approximate surface area is 101 Å². The summed E-state index contributed by atoms with van der Waals surface area (Å²) < 4.78 is 25.5. The number of rotatable bonds is 4. The van der Waals surface area contributed by atoms with Crippen molar-refractivity contribution < 1.29 is 13.6 Å². The van der Waals surface area contributed by atoms with E-state index >= 15 is 0 Å². The van der Waals surface area contributed by atoms with Gasteiger partial charge in [-0.05, 0) is 28.1 Å². The van der Waals surface area contributed by atoms with Crippen molar-refractivity contribution in [3.05, 3.63) is 35.9 Å². The van der Waals surface area contributed by atoms with Gasteiger partial charge in [0.25, 0.3) is 5.91 Å². The molecule has 1 unspecified atom stereocenters. The molecule has 0 aliphatic rings. The first-order valence-corrected chi connectivity index (χ1v) is 5.60. The number of alkyl halides is 3. The number of amides is 1. The van der Waals surface area contributed by atoms with Gasteiger partial charge in [-0.3, -0.25) is 4.79 Å². The summed E-state index contributed by atoms with van der Waals surface area (Å²) in [4.78, 5) is 8.54. The minimum absolute atomic E-state index is 0.0774. The maximum Gasteiger partial charge on any atom is 0.305 e. The number of carbonyl (C=O) groups excluding carboxylic acids is 1. The molecule has 0 aromatic heterocycles. The summed E-state index contributed by atoms with van der Waals surface area (Å²) in [6, 6.07) is 8.49. The predicted octanol–water partition coefficient (Wildman–Crippen LogP) is 3.04. The van der Waals surface area contributed by atoms with Gasteiger partial charge in [-0.2, -0.15) is 8.78 Å². The average molecular weight is 292 g/mol. The summed E-state index contributed by atoms with van der Waals surface area (Å²) in [5, 5.41) is 2.46. The molecular weight excluding hydrogens is 280 g/mol. The molecule has 1 N–H and O–H groups in total. The molecule has 16 heavy (non-hydrogen) atoms. The molecule has 2 nitrogen and oxygen atoms in total. The molecule has 1 atom stereocenters. The first kappa shape index (κ1) is 13.1. The molecule has 1 aromatic rings. The molecule has 0 aliphatic heterocycles. The average Bonchev–Trinajstić information content (AvgIpc) is 2.25. The van der Waals surface area contributed by atoms with E-state index in [1.807, 2.05) is 0 Å². The summed E-state index contributed by atoms with van der Waals surface area (Å²) in [5.41, 5.74) is 0.465. The first-order valence-electron chi connectivity index (χ1n) is 4.81. The van der Waals surface area contributed by atoms with Crippen molar-refractivity contribution in [2.24, 2.45) is 5.92 Å². The Morgan fingerprint density at radius 2 is 2.00 bits per heavy atom. The minimum atomic E-state index is -2.96. The summed E-state index contributed by atoms with van der Waals surface area (Å²) in [6.07, 6.45) is 0. The van der Waals surface area contributed by atoms with Crippen molar-refractivity contribution >= 4 is 21.8 Å². The van der Waals surface area contributed by atoms with Gasteiger partial charge in [0.05, 0.1) is 0 Å². The highest BCUT2D eigenvalue weighted by Crippen LogP contribution is 2.30. The molecule has 0 heterocycles. The Morgan fingerprint density at radius 3 is 2.50 bits per heavy atom. The molecule has 0 saturated carbocycles. The number of halogens is 3. The normalized spacial score (nSPS) is 13.2. The van der Waals surface area contributed by atoms with E-state index in [1.165, 1.54) is 6.92 Å². The molecule has 88 valence electrons. The van der Waals surface area contributed by atoms with Crippen molar-refractivity contribution in [3.8, 4) is 0 Å². The highest BCUT2D eigenvalue weighted by molar-refractivity contribution is 9.10. The van der Waals surface area contributed by atoms with E-state index in [4.69, 9.17) is 0 Å². The smallest absolute Gasteiger partial charge is 0.305 e. The Hall–Kier alpha value is -0.970. The van der Waals surface area contributed by atoms with Crippen LogP contribution in [-0.2, 0) is 0 Å². The van der Waals surface area contributed by atoms with Crippen molar-refractivity contribution in [3.63, 3.8) is 0 Å². The van der Waals surface area contributed by atoms with Crippen LogP contribution in [0.4, 0.5) is 8.78 Å². The molecule has 0 aliphatic carbocycles. The zero-order chi connectivity index (χ0) is 12.2. The molecule has 0 spiro atoms. The van der Waals surface area contributed by atoms with E-state index in [2.05, 4.69) is 21.2 Å². The number of hydrogen-bond acceptors (Lipinski definition) is 1.